The summed E-state index contributed by atoms with van der Waals surface area (Å²) in [6.07, 6.45) is 0.206. The second-order valence-electron chi connectivity index (χ2n) is 4.50. The number of phenols is 1. The van der Waals surface area contributed by atoms with Gasteiger partial charge in [0.25, 0.3) is 0 Å². The Morgan fingerprint density at radius 1 is 1.53 bits per heavy atom. The van der Waals surface area contributed by atoms with Gasteiger partial charge in [-0.05, 0) is 12.1 Å². The average Bonchev–Trinajstić information content (AvgIpc) is 2.81. The predicted octanol–water partition coefficient (Wildman–Crippen LogP) is 1.36. The molecular formula is C13H13N3O3. The lowest BCUT2D eigenvalue weighted by molar-refractivity contribution is -0.127. The molecule has 6 heteroatoms. The lowest BCUT2D eigenvalue weighted by Crippen LogP contribution is -2.42. The minimum absolute atomic E-state index is 0.0694. The van der Waals surface area contributed by atoms with E-state index in [0.29, 0.717) is 11.3 Å². The maximum Gasteiger partial charge on any atom is 0.231 e. The Labute approximate surface area is 109 Å². The first-order valence-electron chi connectivity index (χ1n) is 5.87. The number of hydrogen-bond donors (Lipinski definition) is 2. The van der Waals surface area contributed by atoms with Gasteiger partial charge in [-0.15, -0.1) is 0 Å². The van der Waals surface area contributed by atoms with Crippen molar-refractivity contribution in [2.45, 2.75) is 12.5 Å². The normalized spacial score (nSPS) is 19.8. The van der Waals surface area contributed by atoms with Crippen LogP contribution in [0.4, 0.5) is 0 Å². The molecule has 2 heterocycles. The third-order valence-electron chi connectivity index (χ3n) is 3.24. The number of fused-ring (bicyclic) bond motifs is 1. The van der Waals surface area contributed by atoms with Gasteiger partial charge in [-0.25, -0.2) is 4.99 Å². The van der Waals surface area contributed by atoms with Gasteiger partial charge >= 0.3 is 0 Å². The van der Waals surface area contributed by atoms with Crippen LogP contribution in [0.5, 0.6) is 5.75 Å². The maximum atomic E-state index is 11.7. The number of guanidine groups is 1. The molecule has 2 aromatic rings. The van der Waals surface area contributed by atoms with E-state index in [1.807, 2.05) is 6.07 Å². The third kappa shape index (κ3) is 1.81. The highest BCUT2D eigenvalue weighted by atomic mass is 16.4. The fraction of sp³-hybridized carbons (Fsp3) is 0.231. The molecule has 1 aromatic carbocycles. The average molecular weight is 259 g/mol. The van der Waals surface area contributed by atoms with E-state index in [1.54, 1.807) is 25.2 Å². The summed E-state index contributed by atoms with van der Waals surface area (Å²) in [5, 5.41) is 10.5. The number of furan rings is 1. The molecule has 0 saturated carbocycles. The second kappa shape index (κ2) is 4.01. The summed E-state index contributed by atoms with van der Waals surface area (Å²) in [4.78, 5) is 17.3. The molecule has 0 bridgehead atoms. The van der Waals surface area contributed by atoms with Crippen molar-refractivity contribution in [3.63, 3.8) is 0 Å². The fourth-order valence-electron chi connectivity index (χ4n) is 2.12. The molecule has 1 aliphatic rings. The Morgan fingerprint density at radius 3 is 3.00 bits per heavy atom. The van der Waals surface area contributed by atoms with Crippen molar-refractivity contribution in [3.8, 4) is 5.75 Å². The quantitative estimate of drug-likeness (QED) is 0.808. The summed E-state index contributed by atoms with van der Waals surface area (Å²) in [5.41, 5.74) is 6.09. The summed E-state index contributed by atoms with van der Waals surface area (Å²) in [6.45, 7) is 0. The number of para-hydroxylation sites is 1. The van der Waals surface area contributed by atoms with Crippen LogP contribution < -0.4 is 5.73 Å². The van der Waals surface area contributed by atoms with E-state index in [-0.39, 0.29) is 24.0 Å². The van der Waals surface area contributed by atoms with Crippen LogP contribution in [0, 0.1) is 0 Å². The van der Waals surface area contributed by atoms with Crippen LogP contribution in [0.1, 0.15) is 18.2 Å². The first kappa shape index (κ1) is 11.6. The minimum atomic E-state index is -0.435. The monoisotopic (exact) mass is 259 g/mol. The lowest BCUT2D eigenvalue weighted by atomic mass is 10.1. The van der Waals surface area contributed by atoms with E-state index < -0.39 is 6.04 Å². The Hall–Kier alpha value is -2.50. The van der Waals surface area contributed by atoms with Crippen LogP contribution in [-0.2, 0) is 4.79 Å². The Kier molecular flexibility index (Phi) is 2.45. The minimum Gasteiger partial charge on any atom is -0.504 e. The molecule has 0 radical (unpaired) electrons. The van der Waals surface area contributed by atoms with Gasteiger partial charge in [0, 0.05) is 12.4 Å². The fourth-order valence-corrected chi connectivity index (χ4v) is 2.12. The molecule has 0 saturated heterocycles. The van der Waals surface area contributed by atoms with Crippen LogP contribution in [0.15, 0.2) is 33.7 Å². The summed E-state index contributed by atoms with van der Waals surface area (Å²) in [6, 6.07) is 6.44. The van der Waals surface area contributed by atoms with Crippen molar-refractivity contribution in [2.75, 3.05) is 7.05 Å². The number of aromatic hydroxyl groups is 1. The molecule has 1 atom stereocenters. The van der Waals surface area contributed by atoms with Crippen molar-refractivity contribution < 1.29 is 14.3 Å². The molecule has 1 aliphatic heterocycles. The Balaban J connectivity index is 2.06. The van der Waals surface area contributed by atoms with Gasteiger partial charge < -0.3 is 15.3 Å². The van der Waals surface area contributed by atoms with Crippen LogP contribution in [0.3, 0.4) is 0 Å². The molecule has 19 heavy (non-hydrogen) atoms. The number of benzene rings is 1. The first-order chi connectivity index (χ1) is 9.06. The van der Waals surface area contributed by atoms with Crippen LogP contribution in [-0.4, -0.2) is 28.9 Å². The third-order valence-corrected chi connectivity index (χ3v) is 3.24. The van der Waals surface area contributed by atoms with Gasteiger partial charge in [-0.1, -0.05) is 12.1 Å². The molecule has 6 nitrogen and oxygen atoms in total. The smallest absolute Gasteiger partial charge is 0.231 e. The van der Waals surface area contributed by atoms with Crippen LogP contribution in [0.25, 0.3) is 11.0 Å². The highest BCUT2D eigenvalue weighted by Gasteiger charge is 2.28. The zero-order valence-corrected chi connectivity index (χ0v) is 10.3. The molecule has 3 rings (SSSR count). The van der Waals surface area contributed by atoms with E-state index in [2.05, 4.69) is 4.99 Å². The summed E-state index contributed by atoms with van der Waals surface area (Å²) in [5.74, 6) is 0.661. The van der Waals surface area contributed by atoms with Crippen molar-refractivity contribution >= 4 is 22.8 Å². The summed E-state index contributed by atoms with van der Waals surface area (Å²) in [7, 11) is 1.59. The topological polar surface area (TPSA) is 92.1 Å². The van der Waals surface area contributed by atoms with Crippen molar-refractivity contribution in [3.05, 3.63) is 30.0 Å². The highest BCUT2D eigenvalue weighted by Crippen LogP contribution is 2.33. The molecule has 1 aromatic heterocycles. The van der Waals surface area contributed by atoms with Gasteiger partial charge in [0.1, 0.15) is 11.8 Å². The van der Waals surface area contributed by atoms with E-state index in [1.165, 1.54) is 4.90 Å². The summed E-state index contributed by atoms with van der Waals surface area (Å²) >= 11 is 0. The molecule has 1 unspecified atom stereocenters. The lowest BCUT2D eigenvalue weighted by Gasteiger charge is -2.24. The molecule has 98 valence electrons. The predicted molar refractivity (Wildman–Crippen MR) is 69.6 cm³/mol. The van der Waals surface area contributed by atoms with Gasteiger partial charge in [0.15, 0.2) is 17.3 Å². The zero-order valence-electron chi connectivity index (χ0n) is 10.3. The summed E-state index contributed by atoms with van der Waals surface area (Å²) < 4.78 is 5.59. The Bertz CT molecular complexity index is 689. The van der Waals surface area contributed by atoms with E-state index >= 15 is 0 Å². The van der Waals surface area contributed by atoms with Crippen molar-refractivity contribution in [1.29, 1.82) is 0 Å². The first-order valence-corrected chi connectivity index (χ1v) is 5.87. The number of hydrogen-bond acceptors (Lipinski definition) is 5. The molecule has 0 spiro atoms. The number of amides is 1. The number of phenolic OH excluding ortho intramolecular Hbond substituents is 1. The Morgan fingerprint density at radius 2 is 2.32 bits per heavy atom. The zero-order chi connectivity index (χ0) is 13.6. The van der Waals surface area contributed by atoms with Crippen molar-refractivity contribution in [1.82, 2.24) is 4.90 Å². The maximum absolute atomic E-state index is 11.7. The number of carbonyl (C=O) groups is 1. The molecule has 0 aliphatic carbocycles. The molecule has 3 N–H and O–H groups in total. The molecule has 0 fully saturated rings. The van der Waals surface area contributed by atoms with Crippen molar-refractivity contribution in [2.24, 2.45) is 10.7 Å². The molecule has 1 amide bonds. The van der Waals surface area contributed by atoms with Gasteiger partial charge in [-0.2, -0.15) is 0 Å². The van der Waals surface area contributed by atoms with Gasteiger partial charge in [0.2, 0.25) is 5.91 Å². The number of nitrogens with two attached hydrogens (primary N) is 1. The number of carbonyl (C=O) groups excluding carboxylic acids is 1. The van der Waals surface area contributed by atoms with E-state index in [4.69, 9.17) is 10.2 Å². The largest absolute Gasteiger partial charge is 0.504 e. The van der Waals surface area contributed by atoms with E-state index in [0.717, 1.165) is 5.39 Å². The van der Waals surface area contributed by atoms with Crippen LogP contribution in [0.2, 0.25) is 0 Å². The second-order valence-corrected chi connectivity index (χ2v) is 4.50. The molecular weight excluding hydrogens is 246 g/mol. The van der Waals surface area contributed by atoms with Gasteiger partial charge in [0.05, 0.1) is 6.42 Å². The van der Waals surface area contributed by atoms with Gasteiger partial charge in [-0.3, -0.25) is 9.69 Å². The SMILES string of the molecule is CN1C(=O)CC(c2cc3cccc(O)c3o2)N=C1N. The van der Waals surface area contributed by atoms with Crippen LogP contribution >= 0.6 is 0 Å². The highest BCUT2D eigenvalue weighted by molar-refractivity contribution is 5.98. The number of nitrogens with zero attached hydrogens (tertiary/aromatic N) is 2. The number of rotatable bonds is 1. The van der Waals surface area contributed by atoms with E-state index in [9.17, 15) is 9.90 Å². The standard InChI is InChI=1S/C13H13N3O3/c1-16-11(18)6-8(15-13(16)14)10-5-7-3-2-4-9(17)12(7)19-10/h2-5,8,17H,6H2,1H3,(H2,14,15). The number of aliphatic imine (C=N–C) groups is 1.